The lowest BCUT2D eigenvalue weighted by Gasteiger charge is -2.23. The van der Waals surface area contributed by atoms with E-state index >= 15 is 0 Å². The summed E-state index contributed by atoms with van der Waals surface area (Å²) < 4.78 is 22.7. The van der Waals surface area contributed by atoms with Gasteiger partial charge in [0.05, 0.1) is 0 Å². The summed E-state index contributed by atoms with van der Waals surface area (Å²) in [7, 11) is 1.71. The molecule has 1 heterocycles. The summed E-state index contributed by atoms with van der Waals surface area (Å²) in [5.41, 5.74) is 1.01. The Kier molecular flexibility index (Phi) is 6.03. The zero-order chi connectivity index (χ0) is 20.8. The molecule has 0 radical (unpaired) electrons. The summed E-state index contributed by atoms with van der Waals surface area (Å²) in [5, 5.41) is 0. The van der Waals surface area contributed by atoms with Gasteiger partial charge in [0.2, 0.25) is 12.5 Å². The Morgan fingerprint density at radius 3 is 2.47 bits per heavy atom. The predicted molar refractivity (Wildman–Crippen MR) is 112 cm³/mol. The van der Waals surface area contributed by atoms with Crippen LogP contribution < -0.4 is 18.9 Å². The van der Waals surface area contributed by atoms with Gasteiger partial charge in [-0.15, -0.1) is 0 Å². The molecule has 0 aliphatic carbocycles. The van der Waals surface area contributed by atoms with Crippen molar-refractivity contribution >= 4 is 6.09 Å². The first kappa shape index (κ1) is 19.6. The summed E-state index contributed by atoms with van der Waals surface area (Å²) in [5.74, 6) is 2.41. The number of hydrogen-bond acceptors (Lipinski definition) is 5. The minimum absolute atomic E-state index is 0.180. The summed E-state index contributed by atoms with van der Waals surface area (Å²) >= 11 is 0. The minimum atomic E-state index is -0.412. The highest BCUT2D eigenvalue weighted by Crippen LogP contribution is 2.42. The van der Waals surface area contributed by atoms with Crippen molar-refractivity contribution < 1.29 is 23.7 Å². The van der Waals surface area contributed by atoms with Crippen LogP contribution in [0.4, 0.5) is 4.79 Å². The molecule has 6 heteroatoms. The molecule has 1 aliphatic heterocycles. The minimum Gasteiger partial charge on any atom is -0.482 e. The van der Waals surface area contributed by atoms with Crippen molar-refractivity contribution in [1.29, 1.82) is 0 Å². The van der Waals surface area contributed by atoms with Crippen LogP contribution >= 0.6 is 0 Å². The molecule has 154 valence electrons. The smallest absolute Gasteiger partial charge is 0.414 e. The molecule has 0 N–H and O–H groups in total. The van der Waals surface area contributed by atoms with Crippen molar-refractivity contribution in [2.24, 2.45) is 0 Å². The standard InChI is InChI=1S/C24H23NO5/c1-25(24(26)29-19-11-6-3-7-12-19)16-15-20(18-9-4-2-5-10-18)30-22-14-8-13-21-23(22)28-17-27-21/h2-14,20H,15-17H2,1H3/t20-/m1/s1. The van der Waals surface area contributed by atoms with E-state index in [1.165, 1.54) is 0 Å². The fraction of sp³-hybridized carbons (Fsp3) is 0.208. The molecular formula is C24H23NO5. The Bertz CT molecular complexity index is 977. The van der Waals surface area contributed by atoms with E-state index in [0.29, 0.717) is 36.0 Å². The van der Waals surface area contributed by atoms with Crippen LogP contribution in [-0.4, -0.2) is 31.4 Å². The quantitative estimate of drug-likeness (QED) is 0.550. The lowest BCUT2D eigenvalue weighted by Crippen LogP contribution is -2.31. The van der Waals surface area contributed by atoms with Crippen molar-refractivity contribution in [2.75, 3.05) is 20.4 Å². The number of benzene rings is 3. The molecule has 0 fully saturated rings. The average Bonchev–Trinajstić information content (AvgIpc) is 3.27. The molecule has 0 unspecified atom stereocenters. The van der Waals surface area contributed by atoms with Crippen LogP contribution in [0.5, 0.6) is 23.0 Å². The van der Waals surface area contributed by atoms with Gasteiger partial charge in [-0.25, -0.2) is 4.79 Å². The van der Waals surface area contributed by atoms with E-state index in [0.717, 1.165) is 5.56 Å². The van der Waals surface area contributed by atoms with E-state index in [2.05, 4.69) is 0 Å². The first-order valence-corrected chi connectivity index (χ1v) is 9.79. The lowest BCUT2D eigenvalue weighted by atomic mass is 10.1. The molecule has 4 rings (SSSR count). The van der Waals surface area contributed by atoms with Crippen molar-refractivity contribution in [3.8, 4) is 23.0 Å². The number of amides is 1. The average molecular weight is 405 g/mol. The van der Waals surface area contributed by atoms with Gasteiger partial charge >= 0.3 is 6.09 Å². The number of nitrogens with zero attached hydrogens (tertiary/aromatic N) is 1. The number of carbonyl (C=O) groups is 1. The molecule has 0 saturated heterocycles. The Labute approximate surface area is 175 Å². The van der Waals surface area contributed by atoms with E-state index in [4.69, 9.17) is 18.9 Å². The van der Waals surface area contributed by atoms with Gasteiger partial charge in [-0.3, -0.25) is 0 Å². The van der Waals surface area contributed by atoms with Crippen LogP contribution in [0.3, 0.4) is 0 Å². The second kappa shape index (κ2) is 9.22. The molecule has 1 amide bonds. The summed E-state index contributed by atoms with van der Waals surface area (Å²) in [6.45, 7) is 0.636. The van der Waals surface area contributed by atoms with Gasteiger partial charge in [0.1, 0.15) is 11.9 Å². The van der Waals surface area contributed by atoms with Crippen LogP contribution in [0.2, 0.25) is 0 Å². The van der Waals surface area contributed by atoms with Crippen LogP contribution in [0.25, 0.3) is 0 Å². The maximum atomic E-state index is 12.4. The Morgan fingerprint density at radius 2 is 1.70 bits per heavy atom. The largest absolute Gasteiger partial charge is 0.482 e. The predicted octanol–water partition coefficient (Wildman–Crippen LogP) is 5.06. The van der Waals surface area contributed by atoms with Crippen molar-refractivity contribution in [2.45, 2.75) is 12.5 Å². The number of ether oxygens (including phenoxy) is 4. The van der Waals surface area contributed by atoms with Crippen LogP contribution in [0.15, 0.2) is 78.9 Å². The zero-order valence-electron chi connectivity index (χ0n) is 16.7. The van der Waals surface area contributed by atoms with E-state index in [-0.39, 0.29) is 12.9 Å². The fourth-order valence-electron chi connectivity index (χ4n) is 3.18. The van der Waals surface area contributed by atoms with Crippen molar-refractivity contribution in [3.63, 3.8) is 0 Å². The molecule has 0 saturated carbocycles. The molecule has 1 aliphatic rings. The number of para-hydroxylation sites is 2. The van der Waals surface area contributed by atoms with Gasteiger partial charge in [-0.05, 0) is 29.8 Å². The third-order valence-electron chi connectivity index (χ3n) is 4.79. The molecule has 0 spiro atoms. The Morgan fingerprint density at radius 1 is 0.967 bits per heavy atom. The molecule has 1 atom stereocenters. The monoisotopic (exact) mass is 405 g/mol. The fourth-order valence-corrected chi connectivity index (χ4v) is 3.18. The number of fused-ring (bicyclic) bond motifs is 1. The first-order chi connectivity index (χ1) is 14.7. The molecule has 6 nitrogen and oxygen atoms in total. The second-order valence-corrected chi connectivity index (χ2v) is 6.90. The maximum Gasteiger partial charge on any atom is 0.414 e. The van der Waals surface area contributed by atoms with Gasteiger partial charge in [0.15, 0.2) is 11.5 Å². The van der Waals surface area contributed by atoms with Crippen molar-refractivity contribution in [3.05, 3.63) is 84.4 Å². The topological polar surface area (TPSA) is 57.2 Å². The highest BCUT2D eigenvalue weighted by atomic mass is 16.7. The maximum absolute atomic E-state index is 12.4. The van der Waals surface area contributed by atoms with Gasteiger partial charge in [0, 0.05) is 20.0 Å². The van der Waals surface area contributed by atoms with Gasteiger partial charge in [0.25, 0.3) is 0 Å². The van der Waals surface area contributed by atoms with Crippen LogP contribution in [0, 0.1) is 0 Å². The number of hydrogen-bond donors (Lipinski definition) is 0. The van der Waals surface area contributed by atoms with Gasteiger partial charge < -0.3 is 23.8 Å². The molecule has 3 aromatic carbocycles. The normalized spacial score (nSPS) is 12.8. The summed E-state index contributed by atoms with van der Waals surface area (Å²) in [4.78, 5) is 13.9. The van der Waals surface area contributed by atoms with E-state index in [1.807, 2.05) is 66.7 Å². The Hall–Kier alpha value is -3.67. The lowest BCUT2D eigenvalue weighted by molar-refractivity contribution is 0.139. The van der Waals surface area contributed by atoms with Gasteiger partial charge in [-0.1, -0.05) is 54.6 Å². The van der Waals surface area contributed by atoms with E-state index in [1.54, 1.807) is 24.1 Å². The number of carbonyl (C=O) groups excluding carboxylic acids is 1. The SMILES string of the molecule is CN(CC[C@@H](Oc1cccc2c1OCO2)c1ccccc1)C(=O)Oc1ccccc1. The first-order valence-electron chi connectivity index (χ1n) is 9.79. The highest BCUT2D eigenvalue weighted by Gasteiger charge is 2.23. The summed E-state index contributed by atoms with van der Waals surface area (Å²) in [6, 6.07) is 24.5. The Balaban J connectivity index is 1.45. The summed E-state index contributed by atoms with van der Waals surface area (Å²) in [6.07, 6.45) is -0.103. The van der Waals surface area contributed by atoms with Crippen LogP contribution in [-0.2, 0) is 0 Å². The molecular weight excluding hydrogens is 382 g/mol. The molecule has 0 bridgehead atoms. The molecule has 30 heavy (non-hydrogen) atoms. The zero-order valence-corrected chi connectivity index (χ0v) is 16.7. The molecule has 3 aromatic rings. The van der Waals surface area contributed by atoms with Crippen LogP contribution in [0.1, 0.15) is 18.1 Å². The van der Waals surface area contributed by atoms with E-state index < -0.39 is 6.09 Å². The third kappa shape index (κ3) is 4.66. The second-order valence-electron chi connectivity index (χ2n) is 6.90. The molecule has 0 aromatic heterocycles. The highest BCUT2D eigenvalue weighted by molar-refractivity contribution is 5.70. The van der Waals surface area contributed by atoms with Crippen molar-refractivity contribution in [1.82, 2.24) is 4.90 Å². The van der Waals surface area contributed by atoms with E-state index in [9.17, 15) is 4.79 Å². The number of rotatable bonds is 7. The van der Waals surface area contributed by atoms with Gasteiger partial charge in [-0.2, -0.15) is 0 Å². The third-order valence-corrected chi connectivity index (χ3v) is 4.79.